The Morgan fingerprint density at radius 2 is 1.56 bits per heavy atom. The lowest BCUT2D eigenvalue weighted by atomic mass is 10.2. The van der Waals surface area contributed by atoms with E-state index in [1.165, 1.54) is 6.08 Å². The number of carbonyl (C=O) groups excluding carboxylic acids is 1. The molecule has 0 atom stereocenters. The summed E-state index contributed by atoms with van der Waals surface area (Å²) in [6.07, 6.45) is 4.60. The van der Waals surface area contributed by atoms with Crippen molar-refractivity contribution in [2.75, 3.05) is 49.8 Å². The second kappa shape index (κ2) is 11.6. The van der Waals surface area contributed by atoms with Gasteiger partial charge < -0.3 is 19.1 Å². The molecule has 0 spiro atoms. The van der Waals surface area contributed by atoms with Crippen LogP contribution in [0.1, 0.15) is 18.4 Å². The molecule has 0 radical (unpaired) electrons. The van der Waals surface area contributed by atoms with Gasteiger partial charge in [-0.3, -0.25) is 0 Å². The van der Waals surface area contributed by atoms with E-state index in [1.807, 2.05) is 48.5 Å². The summed E-state index contributed by atoms with van der Waals surface area (Å²) >= 11 is 0. The Morgan fingerprint density at radius 3 is 2.22 bits per heavy atom. The second-order valence-electron chi connectivity index (χ2n) is 7.46. The van der Waals surface area contributed by atoms with Crippen molar-refractivity contribution < 1.29 is 27.4 Å². The maximum Gasteiger partial charge on any atom is 0.330 e. The van der Waals surface area contributed by atoms with Crippen LogP contribution in [-0.4, -0.2) is 59.3 Å². The number of hydrogen-bond acceptors (Lipinski definition) is 7. The van der Waals surface area contributed by atoms with Gasteiger partial charge in [-0.25, -0.2) is 13.2 Å². The lowest BCUT2D eigenvalue weighted by Gasteiger charge is -2.28. The monoisotopic (exact) mass is 459 g/mol. The molecule has 32 heavy (non-hydrogen) atoms. The van der Waals surface area contributed by atoms with Crippen LogP contribution in [0.4, 0.5) is 5.69 Å². The molecule has 1 saturated heterocycles. The largest absolute Gasteiger partial charge is 0.497 e. The average molecular weight is 460 g/mol. The molecular formula is C24H29NO6S. The molecule has 0 aromatic heterocycles. The molecule has 7 nitrogen and oxygen atoms in total. The molecule has 172 valence electrons. The predicted molar refractivity (Wildman–Crippen MR) is 125 cm³/mol. The highest BCUT2D eigenvalue weighted by Crippen LogP contribution is 2.21. The van der Waals surface area contributed by atoms with E-state index in [-0.39, 0.29) is 17.5 Å². The minimum Gasteiger partial charge on any atom is -0.497 e. The fourth-order valence-corrected chi connectivity index (χ4v) is 4.42. The highest BCUT2D eigenvalue weighted by atomic mass is 32.2. The van der Waals surface area contributed by atoms with Gasteiger partial charge in [-0.05, 0) is 60.9 Å². The molecule has 0 bridgehead atoms. The van der Waals surface area contributed by atoms with Gasteiger partial charge in [0.15, 0.2) is 9.84 Å². The van der Waals surface area contributed by atoms with Crippen LogP contribution in [0.25, 0.3) is 6.08 Å². The number of ether oxygens (including phenoxy) is 3. The highest BCUT2D eigenvalue weighted by molar-refractivity contribution is 7.91. The quantitative estimate of drug-likeness (QED) is 0.306. The van der Waals surface area contributed by atoms with E-state index < -0.39 is 9.84 Å². The van der Waals surface area contributed by atoms with Gasteiger partial charge in [0.2, 0.25) is 0 Å². The average Bonchev–Trinajstić information content (AvgIpc) is 2.81. The van der Waals surface area contributed by atoms with Gasteiger partial charge in [0.25, 0.3) is 0 Å². The fraction of sp³-hybridized carbons (Fsp3) is 0.375. The van der Waals surface area contributed by atoms with Gasteiger partial charge in [-0.1, -0.05) is 12.1 Å². The van der Waals surface area contributed by atoms with Crippen LogP contribution in [-0.2, 0) is 19.4 Å². The molecule has 0 N–H and O–H groups in total. The third-order valence-corrected chi connectivity index (χ3v) is 6.73. The number of benzene rings is 2. The predicted octanol–water partition coefficient (Wildman–Crippen LogP) is 3.35. The Morgan fingerprint density at radius 1 is 0.938 bits per heavy atom. The van der Waals surface area contributed by atoms with Crippen molar-refractivity contribution in [3.05, 3.63) is 60.2 Å². The van der Waals surface area contributed by atoms with Crippen molar-refractivity contribution in [2.24, 2.45) is 0 Å². The highest BCUT2D eigenvalue weighted by Gasteiger charge is 2.21. The van der Waals surface area contributed by atoms with Crippen LogP contribution >= 0.6 is 0 Å². The lowest BCUT2D eigenvalue weighted by Crippen LogP contribution is -2.40. The summed E-state index contributed by atoms with van der Waals surface area (Å²) in [5.41, 5.74) is 1.90. The second-order valence-corrected chi connectivity index (χ2v) is 9.77. The summed E-state index contributed by atoms with van der Waals surface area (Å²) in [4.78, 5) is 13.9. The van der Waals surface area contributed by atoms with Crippen molar-refractivity contribution in [1.82, 2.24) is 0 Å². The number of nitrogens with zero attached hydrogens (tertiary/aromatic N) is 1. The van der Waals surface area contributed by atoms with Crippen molar-refractivity contribution in [1.29, 1.82) is 0 Å². The van der Waals surface area contributed by atoms with Crippen LogP contribution in [0.15, 0.2) is 54.6 Å². The maximum atomic E-state index is 11.8. The Hall–Kier alpha value is -3.00. The Bertz CT molecular complexity index is 986. The molecule has 1 aliphatic rings. The van der Waals surface area contributed by atoms with E-state index in [0.29, 0.717) is 32.7 Å². The molecule has 0 aliphatic carbocycles. The van der Waals surface area contributed by atoms with Crippen LogP contribution in [0.3, 0.4) is 0 Å². The number of unbranched alkanes of at least 4 members (excludes halogenated alkanes) is 1. The molecule has 1 heterocycles. The first kappa shape index (κ1) is 23.7. The molecule has 1 fully saturated rings. The summed E-state index contributed by atoms with van der Waals surface area (Å²) in [5.74, 6) is 1.56. The topological polar surface area (TPSA) is 82.1 Å². The molecule has 0 saturated carbocycles. The zero-order valence-electron chi connectivity index (χ0n) is 18.2. The number of sulfone groups is 1. The molecule has 0 amide bonds. The summed E-state index contributed by atoms with van der Waals surface area (Å²) in [7, 11) is -1.27. The first-order valence-electron chi connectivity index (χ1n) is 10.6. The SMILES string of the molecule is COc1ccc(/C=C/C(=O)OCCCCOc2ccc(N3CCS(=O)(=O)CC3)cc2)cc1. The third-order valence-electron chi connectivity index (χ3n) is 5.13. The van der Waals surface area contributed by atoms with E-state index in [0.717, 1.165) is 29.2 Å². The zero-order chi connectivity index (χ0) is 22.8. The molecule has 0 unspecified atom stereocenters. The minimum absolute atomic E-state index is 0.201. The summed E-state index contributed by atoms with van der Waals surface area (Å²) in [5, 5.41) is 0. The zero-order valence-corrected chi connectivity index (χ0v) is 19.1. The molecule has 1 aliphatic heterocycles. The Labute approximate surface area is 189 Å². The van der Waals surface area contributed by atoms with E-state index in [9.17, 15) is 13.2 Å². The first-order chi connectivity index (χ1) is 15.4. The fourth-order valence-electron chi connectivity index (χ4n) is 3.22. The van der Waals surface area contributed by atoms with Gasteiger partial charge in [0.1, 0.15) is 11.5 Å². The number of anilines is 1. The van der Waals surface area contributed by atoms with Gasteiger partial charge in [0, 0.05) is 24.9 Å². The number of methoxy groups -OCH3 is 1. The van der Waals surface area contributed by atoms with Gasteiger partial charge >= 0.3 is 5.97 Å². The smallest absolute Gasteiger partial charge is 0.330 e. The van der Waals surface area contributed by atoms with E-state index in [4.69, 9.17) is 14.2 Å². The molecule has 8 heteroatoms. The normalized spacial score (nSPS) is 15.5. The van der Waals surface area contributed by atoms with Crippen molar-refractivity contribution in [3.63, 3.8) is 0 Å². The van der Waals surface area contributed by atoms with E-state index in [2.05, 4.69) is 4.90 Å². The van der Waals surface area contributed by atoms with Gasteiger partial charge in [-0.15, -0.1) is 0 Å². The standard InChI is InChI=1S/C24H29NO6S/c1-29-22-9-4-20(5-10-22)6-13-24(26)31-17-3-2-16-30-23-11-7-21(8-12-23)25-14-18-32(27,28)19-15-25/h4-13H,2-3,14-19H2,1H3/b13-6+. The van der Waals surface area contributed by atoms with Crippen LogP contribution in [0, 0.1) is 0 Å². The van der Waals surface area contributed by atoms with Crippen molar-refractivity contribution in [2.45, 2.75) is 12.8 Å². The van der Waals surface area contributed by atoms with Gasteiger partial charge in [0.05, 0.1) is 31.8 Å². The van der Waals surface area contributed by atoms with Gasteiger partial charge in [-0.2, -0.15) is 0 Å². The summed E-state index contributed by atoms with van der Waals surface area (Å²) in [6, 6.07) is 15.1. The maximum absolute atomic E-state index is 11.8. The van der Waals surface area contributed by atoms with Crippen molar-refractivity contribution >= 4 is 27.6 Å². The Balaban J connectivity index is 1.29. The van der Waals surface area contributed by atoms with Crippen LogP contribution < -0.4 is 14.4 Å². The first-order valence-corrected chi connectivity index (χ1v) is 12.4. The molecule has 3 rings (SSSR count). The lowest BCUT2D eigenvalue weighted by molar-refractivity contribution is -0.137. The number of esters is 1. The van der Waals surface area contributed by atoms with Crippen molar-refractivity contribution in [3.8, 4) is 11.5 Å². The Kier molecular flexibility index (Phi) is 8.56. The van der Waals surface area contributed by atoms with Crippen LogP contribution in [0.2, 0.25) is 0 Å². The van der Waals surface area contributed by atoms with E-state index in [1.54, 1.807) is 13.2 Å². The van der Waals surface area contributed by atoms with E-state index >= 15 is 0 Å². The molecule has 2 aromatic carbocycles. The summed E-state index contributed by atoms with van der Waals surface area (Å²) in [6.45, 7) is 1.92. The third kappa shape index (κ3) is 7.60. The molecular weight excluding hydrogens is 430 g/mol. The summed E-state index contributed by atoms with van der Waals surface area (Å²) < 4.78 is 39.1. The van der Waals surface area contributed by atoms with Crippen LogP contribution in [0.5, 0.6) is 11.5 Å². The number of hydrogen-bond donors (Lipinski definition) is 0. The minimum atomic E-state index is -2.88. The number of carbonyl (C=O) groups is 1. The number of rotatable bonds is 10. The molecule has 2 aromatic rings.